The van der Waals surface area contributed by atoms with E-state index in [-0.39, 0.29) is 12.5 Å². The highest BCUT2D eigenvalue weighted by Crippen LogP contribution is 2.34. The Morgan fingerprint density at radius 2 is 1.08 bits per heavy atom. The average molecular weight is 375 g/mol. The van der Waals surface area contributed by atoms with Gasteiger partial charge in [-0.15, -0.1) is 0 Å². The summed E-state index contributed by atoms with van der Waals surface area (Å²) in [6.07, 6.45) is 13.2. The van der Waals surface area contributed by atoms with Crippen molar-refractivity contribution in [1.29, 1.82) is 0 Å². The first-order chi connectivity index (χ1) is 12.7. The second-order valence-electron chi connectivity index (χ2n) is 7.27. The van der Waals surface area contributed by atoms with Crippen LogP contribution in [0.3, 0.4) is 0 Å². The van der Waals surface area contributed by atoms with E-state index in [1.54, 1.807) is 0 Å². The zero-order chi connectivity index (χ0) is 19.5. The Morgan fingerprint density at radius 1 is 0.615 bits per heavy atom. The number of rotatable bonds is 20. The first-order valence-corrected chi connectivity index (χ1v) is 11.2. The van der Waals surface area contributed by atoms with E-state index in [9.17, 15) is 5.11 Å². The minimum atomic E-state index is -0.944. The zero-order valence-electron chi connectivity index (χ0n) is 18.1. The molecule has 0 aliphatic rings. The summed E-state index contributed by atoms with van der Waals surface area (Å²) < 4.78 is 18.6. The van der Waals surface area contributed by atoms with Gasteiger partial charge in [0.1, 0.15) is 0 Å². The predicted octanol–water partition coefficient (Wildman–Crippen LogP) is 6.06. The van der Waals surface area contributed by atoms with E-state index >= 15 is 0 Å². The van der Waals surface area contributed by atoms with Crippen molar-refractivity contribution < 1.29 is 19.3 Å². The fourth-order valence-electron chi connectivity index (χ4n) is 3.22. The Kier molecular flexibility index (Phi) is 18.1. The molecule has 0 aromatic carbocycles. The van der Waals surface area contributed by atoms with Gasteiger partial charge in [-0.25, -0.2) is 0 Å². The van der Waals surface area contributed by atoms with Crippen LogP contribution in [0.25, 0.3) is 0 Å². The molecule has 4 heteroatoms. The standard InChI is InChI=1S/C22H46O4/c1-5-9-10-11-12-13-15-21(16-14-17-23)22(24-18-6-2,25-19-7-3)26-20-8-4/h21,23H,5-20H2,1-4H3. The number of unbranched alkanes of at least 4 members (excludes halogenated alkanes) is 5. The number of aliphatic hydroxyl groups is 1. The van der Waals surface area contributed by atoms with Gasteiger partial charge in [-0.05, 0) is 38.5 Å². The Bertz CT molecular complexity index is 262. The number of ether oxygens (including phenoxy) is 3. The van der Waals surface area contributed by atoms with Crippen LogP contribution in [0.15, 0.2) is 0 Å². The maximum absolute atomic E-state index is 9.36. The highest BCUT2D eigenvalue weighted by atomic mass is 16.9. The van der Waals surface area contributed by atoms with Crippen LogP contribution in [-0.4, -0.2) is 37.5 Å². The van der Waals surface area contributed by atoms with Gasteiger partial charge in [0, 0.05) is 12.5 Å². The van der Waals surface area contributed by atoms with Gasteiger partial charge >= 0.3 is 0 Å². The van der Waals surface area contributed by atoms with E-state index in [0.29, 0.717) is 19.8 Å². The first-order valence-electron chi connectivity index (χ1n) is 11.2. The van der Waals surface area contributed by atoms with E-state index < -0.39 is 5.97 Å². The van der Waals surface area contributed by atoms with Crippen LogP contribution in [0.4, 0.5) is 0 Å². The topological polar surface area (TPSA) is 47.9 Å². The molecule has 1 atom stereocenters. The third kappa shape index (κ3) is 11.5. The summed E-state index contributed by atoms with van der Waals surface area (Å²) in [5, 5.41) is 9.36. The molecule has 0 aliphatic carbocycles. The molecule has 26 heavy (non-hydrogen) atoms. The maximum atomic E-state index is 9.36. The summed E-state index contributed by atoms with van der Waals surface area (Å²) in [4.78, 5) is 0. The molecule has 1 N–H and O–H groups in total. The van der Waals surface area contributed by atoms with Gasteiger partial charge in [-0.1, -0.05) is 66.2 Å². The molecule has 4 nitrogen and oxygen atoms in total. The van der Waals surface area contributed by atoms with Crippen molar-refractivity contribution in [3.63, 3.8) is 0 Å². The lowest BCUT2D eigenvalue weighted by Gasteiger charge is -2.40. The molecule has 1 unspecified atom stereocenters. The molecule has 0 heterocycles. The van der Waals surface area contributed by atoms with E-state index in [0.717, 1.165) is 38.5 Å². The summed E-state index contributed by atoms with van der Waals surface area (Å²) in [5.74, 6) is -0.772. The van der Waals surface area contributed by atoms with Crippen LogP contribution >= 0.6 is 0 Å². The summed E-state index contributed by atoms with van der Waals surface area (Å²) in [7, 11) is 0. The smallest absolute Gasteiger partial charge is 0.285 e. The Labute approximate surface area is 163 Å². The van der Waals surface area contributed by atoms with Crippen molar-refractivity contribution in [2.75, 3.05) is 26.4 Å². The van der Waals surface area contributed by atoms with Gasteiger partial charge in [0.2, 0.25) is 0 Å². The van der Waals surface area contributed by atoms with Crippen molar-refractivity contribution in [2.45, 2.75) is 111 Å². The van der Waals surface area contributed by atoms with Crippen LogP contribution in [0.2, 0.25) is 0 Å². The van der Waals surface area contributed by atoms with Gasteiger partial charge in [0.05, 0.1) is 19.8 Å². The second-order valence-corrected chi connectivity index (χ2v) is 7.27. The molecule has 0 bridgehead atoms. The Hall–Kier alpha value is -0.160. The van der Waals surface area contributed by atoms with Crippen molar-refractivity contribution in [2.24, 2.45) is 5.92 Å². The molecule has 0 rings (SSSR count). The molecule has 0 amide bonds. The average Bonchev–Trinajstić information content (AvgIpc) is 2.67. The molecule has 0 spiro atoms. The van der Waals surface area contributed by atoms with Crippen molar-refractivity contribution in [3.8, 4) is 0 Å². The van der Waals surface area contributed by atoms with E-state index in [2.05, 4.69) is 27.7 Å². The lowest BCUT2D eigenvalue weighted by Crippen LogP contribution is -2.47. The molecular formula is C22H46O4. The maximum Gasteiger partial charge on any atom is 0.285 e. The molecule has 0 radical (unpaired) electrons. The predicted molar refractivity (Wildman–Crippen MR) is 109 cm³/mol. The Balaban J connectivity index is 4.98. The highest BCUT2D eigenvalue weighted by molar-refractivity contribution is 4.73. The van der Waals surface area contributed by atoms with E-state index in [4.69, 9.17) is 14.2 Å². The van der Waals surface area contributed by atoms with E-state index in [1.165, 1.54) is 38.5 Å². The zero-order valence-corrected chi connectivity index (χ0v) is 18.1. The van der Waals surface area contributed by atoms with Crippen LogP contribution in [0, 0.1) is 5.92 Å². The lowest BCUT2D eigenvalue weighted by atomic mass is 9.93. The van der Waals surface area contributed by atoms with Gasteiger partial charge < -0.3 is 19.3 Å². The quantitative estimate of drug-likeness (QED) is 0.208. The van der Waals surface area contributed by atoms with Gasteiger partial charge in [-0.2, -0.15) is 0 Å². The molecule has 158 valence electrons. The van der Waals surface area contributed by atoms with E-state index in [1.807, 2.05) is 0 Å². The third-order valence-electron chi connectivity index (χ3n) is 4.64. The fraction of sp³-hybridized carbons (Fsp3) is 1.00. The largest absolute Gasteiger partial charge is 0.396 e. The molecule has 0 saturated carbocycles. The fourth-order valence-corrected chi connectivity index (χ4v) is 3.22. The summed E-state index contributed by atoms with van der Waals surface area (Å²) in [6.45, 7) is 10.7. The Morgan fingerprint density at radius 3 is 1.54 bits per heavy atom. The van der Waals surface area contributed by atoms with Crippen LogP contribution in [0.1, 0.15) is 105 Å². The van der Waals surface area contributed by atoms with Crippen molar-refractivity contribution in [3.05, 3.63) is 0 Å². The first kappa shape index (κ1) is 25.8. The van der Waals surface area contributed by atoms with Crippen molar-refractivity contribution in [1.82, 2.24) is 0 Å². The normalized spacial score (nSPS) is 13.3. The lowest BCUT2D eigenvalue weighted by molar-refractivity contribution is -0.406. The molecule has 0 saturated heterocycles. The monoisotopic (exact) mass is 374 g/mol. The van der Waals surface area contributed by atoms with Crippen LogP contribution in [-0.2, 0) is 14.2 Å². The van der Waals surface area contributed by atoms with Gasteiger partial charge in [-0.3, -0.25) is 0 Å². The number of hydrogen-bond donors (Lipinski definition) is 1. The number of aliphatic hydroxyl groups excluding tert-OH is 1. The van der Waals surface area contributed by atoms with Crippen LogP contribution < -0.4 is 0 Å². The SMILES string of the molecule is CCCCCCCCC(CCCO)C(OCCC)(OCCC)OCCC. The highest BCUT2D eigenvalue weighted by Gasteiger charge is 2.41. The minimum Gasteiger partial charge on any atom is -0.396 e. The summed E-state index contributed by atoms with van der Waals surface area (Å²) >= 11 is 0. The van der Waals surface area contributed by atoms with Crippen LogP contribution in [0.5, 0.6) is 0 Å². The molecule has 0 aliphatic heterocycles. The third-order valence-corrected chi connectivity index (χ3v) is 4.64. The second kappa shape index (κ2) is 18.2. The summed E-state index contributed by atoms with van der Waals surface area (Å²) in [6, 6.07) is 0. The number of hydrogen-bond acceptors (Lipinski definition) is 4. The minimum absolute atomic E-state index is 0.172. The molecule has 0 aromatic rings. The van der Waals surface area contributed by atoms with Crippen molar-refractivity contribution >= 4 is 0 Å². The molecule has 0 aromatic heterocycles. The van der Waals surface area contributed by atoms with Gasteiger partial charge in [0.15, 0.2) is 0 Å². The summed E-state index contributed by atoms with van der Waals surface area (Å²) in [5.41, 5.74) is 0. The molecule has 0 fully saturated rings. The molecular weight excluding hydrogens is 328 g/mol. The van der Waals surface area contributed by atoms with Gasteiger partial charge in [0.25, 0.3) is 5.97 Å².